The standard InChI is InChI=1S/C13H19N3O3S2/c1-8-5-10(6-11(9(8)2)21(14,18)19)13(17)7-20-12(15-3)16(13)4/h5-6,17H,7H2,1-4H3,(H2,14,18,19). The largest absolute Gasteiger partial charge is 0.366 e. The normalized spacial score (nSPS) is 24.9. The zero-order valence-corrected chi connectivity index (χ0v) is 14.0. The number of amidine groups is 1. The summed E-state index contributed by atoms with van der Waals surface area (Å²) >= 11 is 1.42. The molecule has 21 heavy (non-hydrogen) atoms. The van der Waals surface area contributed by atoms with E-state index >= 15 is 0 Å². The molecule has 1 saturated heterocycles. The quantitative estimate of drug-likeness (QED) is 0.835. The highest BCUT2D eigenvalue weighted by Crippen LogP contribution is 2.39. The predicted molar refractivity (Wildman–Crippen MR) is 84.8 cm³/mol. The van der Waals surface area contributed by atoms with Crippen LogP contribution < -0.4 is 5.14 Å². The fraction of sp³-hybridized carbons (Fsp3) is 0.462. The predicted octanol–water partition coefficient (Wildman–Crippen LogP) is 0.760. The number of primary sulfonamides is 1. The van der Waals surface area contributed by atoms with E-state index in [0.717, 1.165) is 5.56 Å². The molecule has 0 radical (unpaired) electrons. The Morgan fingerprint density at radius 3 is 2.52 bits per heavy atom. The molecule has 0 bridgehead atoms. The lowest BCUT2D eigenvalue weighted by Crippen LogP contribution is -2.42. The Morgan fingerprint density at radius 1 is 1.43 bits per heavy atom. The molecule has 0 aliphatic carbocycles. The van der Waals surface area contributed by atoms with Gasteiger partial charge in [-0.05, 0) is 31.0 Å². The van der Waals surface area contributed by atoms with Crippen LogP contribution in [-0.2, 0) is 15.7 Å². The molecule has 1 aromatic carbocycles. The first-order chi connectivity index (χ1) is 9.61. The van der Waals surface area contributed by atoms with Crippen molar-refractivity contribution < 1.29 is 13.5 Å². The van der Waals surface area contributed by atoms with E-state index in [1.165, 1.54) is 17.8 Å². The maximum absolute atomic E-state index is 11.7. The van der Waals surface area contributed by atoms with Gasteiger partial charge in [0.05, 0.1) is 10.6 Å². The zero-order valence-electron chi connectivity index (χ0n) is 12.4. The molecular weight excluding hydrogens is 310 g/mol. The molecule has 0 aromatic heterocycles. The minimum absolute atomic E-state index is 0.0474. The van der Waals surface area contributed by atoms with Gasteiger partial charge in [-0.2, -0.15) is 0 Å². The Hall–Kier alpha value is -1.09. The molecule has 0 amide bonds. The number of benzene rings is 1. The third-order valence-electron chi connectivity index (χ3n) is 3.82. The van der Waals surface area contributed by atoms with Crippen LogP contribution in [0.3, 0.4) is 0 Å². The van der Waals surface area contributed by atoms with E-state index in [0.29, 0.717) is 22.0 Å². The van der Waals surface area contributed by atoms with Crippen LogP contribution in [0.2, 0.25) is 0 Å². The average Bonchev–Trinajstić information content (AvgIpc) is 2.68. The van der Waals surface area contributed by atoms with Gasteiger partial charge in [-0.15, -0.1) is 0 Å². The van der Waals surface area contributed by atoms with Crippen molar-refractivity contribution >= 4 is 27.0 Å². The highest BCUT2D eigenvalue weighted by Gasteiger charge is 2.43. The smallest absolute Gasteiger partial charge is 0.238 e. The summed E-state index contributed by atoms with van der Waals surface area (Å²) in [4.78, 5) is 5.80. The van der Waals surface area contributed by atoms with Gasteiger partial charge in [0.2, 0.25) is 10.0 Å². The molecule has 1 aliphatic heterocycles. The highest BCUT2D eigenvalue weighted by molar-refractivity contribution is 8.14. The van der Waals surface area contributed by atoms with E-state index in [1.807, 2.05) is 0 Å². The number of aliphatic imine (C=N–C) groups is 1. The molecule has 1 fully saturated rings. The topological polar surface area (TPSA) is 96.0 Å². The van der Waals surface area contributed by atoms with Crippen molar-refractivity contribution in [2.24, 2.45) is 10.1 Å². The van der Waals surface area contributed by atoms with Crippen LogP contribution in [0.4, 0.5) is 0 Å². The fourth-order valence-electron chi connectivity index (χ4n) is 2.36. The maximum atomic E-state index is 11.7. The number of rotatable bonds is 2. The number of aryl methyl sites for hydroxylation is 1. The van der Waals surface area contributed by atoms with Crippen molar-refractivity contribution in [3.8, 4) is 0 Å². The lowest BCUT2D eigenvalue weighted by Gasteiger charge is -2.32. The summed E-state index contributed by atoms with van der Waals surface area (Å²) in [5, 5.41) is 16.9. The van der Waals surface area contributed by atoms with Gasteiger partial charge < -0.3 is 10.0 Å². The minimum atomic E-state index is -3.84. The summed E-state index contributed by atoms with van der Waals surface area (Å²) < 4.78 is 23.5. The molecule has 1 aromatic rings. The van der Waals surface area contributed by atoms with E-state index in [-0.39, 0.29) is 4.90 Å². The maximum Gasteiger partial charge on any atom is 0.238 e. The first-order valence-corrected chi connectivity index (χ1v) is 8.84. The van der Waals surface area contributed by atoms with Crippen LogP contribution in [0.5, 0.6) is 0 Å². The van der Waals surface area contributed by atoms with Gasteiger partial charge >= 0.3 is 0 Å². The highest BCUT2D eigenvalue weighted by atomic mass is 32.2. The van der Waals surface area contributed by atoms with E-state index in [2.05, 4.69) is 4.99 Å². The number of aliphatic hydroxyl groups is 1. The minimum Gasteiger partial charge on any atom is -0.366 e. The van der Waals surface area contributed by atoms with Crippen molar-refractivity contribution in [3.05, 3.63) is 28.8 Å². The van der Waals surface area contributed by atoms with E-state index in [4.69, 9.17) is 5.14 Å². The van der Waals surface area contributed by atoms with Crippen molar-refractivity contribution in [2.75, 3.05) is 19.8 Å². The monoisotopic (exact) mass is 329 g/mol. The molecule has 0 saturated carbocycles. The van der Waals surface area contributed by atoms with Crippen molar-refractivity contribution in [3.63, 3.8) is 0 Å². The van der Waals surface area contributed by atoms with Crippen LogP contribution in [0, 0.1) is 13.8 Å². The zero-order chi connectivity index (χ0) is 16.0. The van der Waals surface area contributed by atoms with Crippen molar-refractivity contribution in [2.45, 2.75) is 24.5 Å². The van der Waals surface area contributed by atoms with Crippen LogP contribution in [0.1, 0.15) is 16.7 Å². The van der Waals surface area contributed by atoms with Gasteiger partial charge in [-0.1, -0.05) is 17.8 Å². The van der Waals surface area contributed by atoms with Gasteiger partial charge in [-0.3, -0.25) is 4.99 Å². The third-order valence-corrected chi connectivity index (χ3v) is 6.12. The molecule has 0 spiro atoms. The third kappa shape index (κ3) is 2.68. The number of nitrogens with zero attached hydrogens (tertiary/aromatic N) is 2. The molecule has 2 rings (SSSR count). The summed E-state index contributed by atoms with van der Waals surface area (Å²) in [5.74, 6) is 0.378. The Bertz CT molecular complexity index is 716. The molecule has 1 aliphatic rings. The second-order valence-corrected chi connectivity index (χ2v) is 7.60. The van der Waals surface area contributed by atoms with Crippen molar-refractivity contribution in [1.29, 1.82) is 0 Å². The molecule has 1 unspecified atom stereocenters. The van der Waals surface area contributed by atoms with E-state index in [1.54, 1.807) is 38.9 Å². The molecule has 8 heteroatoms. The fourth-order valence-corrected chi connectivity index (χ4v) is 4.41. The molecule has 116 valence electrons. The number of hydrogen-bond acceptors (Lipinski definition) is 5. The Morgan fingerprint density at radius 2 is 2.05 bits per heavy atom. The number of sulfonamides is 1. The second kappa shape index (κ2) is 5.28. The summed E-state index contributed by atoms with van der Waals surface area (Å²) in [5.41, 5.74) is 0.577. The van der Waals surface area contributed by atoms with Crippen LogP contribution in [0.25, 0.3) is 0 Å². The van der Waals surface area contributed by atoms with Gasteiger partial charge in [-0.25, -0.2) is 13.6 Å². The lowest BCUT2D eigenvalue weighted by molar-refractivity contribution is -0.0350. The average molecular weight is 329 g/mol. The number of hydrogen-bond donors (Lipinski definition) is 2. The van der Waals surface area contributed by atoms with Gasteiger partial charge in [0.15, 0.2) is 10.9 Å². The van der Waals surface area contributed by atoms with E-state index in [9.17, 15) is 13.5 Å². The number of thioether (sulfide) groups is 1. The summed E-state index contributed by atoms with van der Waals surface area (Å²) in [6, 6.07) is 3.24. The Labute approximate surface area is 129 Å². The Kier molecular flexibility index (Phi) is 4.09. The summed E-state index contributed by atoms with van der Waals surface area (Å²) in [6.45, 7) is 3.50. The summed E-state index contributed by atoms with van der Waals surface area (Å²) in [7, 11) is -0.454. The first kappa shape index (κ1) is 16.3. The molecular formula is C13H19N3O3S2. The SMILES string of the molecule is CN=C1SCC(O)(c2cc(C)c(C)c(S(N)(=O)=O)c2)N1C. The molecule has 1 atom stereocenters. The Balaban J connectivity index is 2.64. The summed E-state index contributed by atoms with van der Waals surface area (Å²) in [6.07, 6.45) is 0. The molecule has 6 nitrogen and oxygen atoms in total. The van der Waals surface area contributed by atoms with Crippen LogP contribution in [-0.4, -0.2) is 43.4 Å². The molecule has 3 N–H and O–H groups in total. The van der Waals surface area contributed by atoms with Crippen LogP contribution >= 0.6 is 11.8 Å². The van der Waals surface area contributed by atoms with Gasteiger partial charge in [0.1, 0.15) is 0 Å². The lowest BCUT2D eigenvalue weighted by atomic mass is 9.98. The first-order valence-electron chi connectivity index (χ1n) is 6.31. The van der Waals surface area contributed by atoms with Crippen molar-refractivity contribution in [1.82, 2.24) is 4.90 Å². The molecule has 1 heterocycles. The van der Waals surface area contributed by atoms with Gasteiger partial charge in [0, 0.05) is 19.7 Å². The number of nitrogens with two attached hydrogens (primary N) is 1. The van der Waals surface area contributed by atoms with E-state index < -0.39 is 15.7 Å². The van der Waals surface area contributed by atoms with Gasteiger partial charge in [0.25, 0.3) is 0 Å². The second-order valence-electron chi connectivity index (χ2n) is 5.13. The van der Waals surface area contributed by atoms with Crippen LogP contribution in [0.15, 0.2) is 22.0 Å².